The fourth-order valence-corrected chi connectivity index (χ4v) is 9.40. The van der Waals surface area contributed by atoms with Crippen LogP contribution in [0.15, 0.2) is 91.3 Å². The smallest absolute Gasteiger partial charge is 0.258 e. The molecule has 4 N–H and O–H groups in total. The monoisotopic (exact) mass is 821 g/mol. The Labute approximate surface area is 351 Å². The van der Waals surface area contributed by atoms with Gasteiger partial charge >= 0.3 is 0 Å². The highest BCUT2D eigenvalue weighted by atomic mass is 19.3. The minimum absolute atomic E-state index is 0.0177. The van der Waals surface area contributed by atoms with E-state index in [9.17, 15) is 9.90 Å². The highest BCUT2D eigenvalue weighted by Crippen LogP contribution is 2.43. The van der Waals surface area contributed by atoms with Gasteiger partial charge in [0.05, 0.1) is 25.3 Å². The van der Waals surface area contributed by atoms with Crippen LogP contribution in [0.2, 0.25) is 0 Å². The molecule has 0 spiro atoms. The van der Waals surface area contributed by atoms with Crippen molar-refractivity contribution in [2.24, 2.45) is 0 Å². The minimum Gasteiger partial charge on any atom is -0.507 e. The summed E-state index contributed by atoms with van der Waals surface area (Å²) in [4.78, 5) is 21.1. The van der Waals surface area contributed by atoms with E-state index >= 15 is 13.2 Å². The molecule has 1 amide bonds. The summed E-state index contributed by atoms with van der Waals surface area (Å²) < 4.78 is 66.0. The molecule has 3 fully saturated rings. The van der Waals surface area contributed by atoms with E-state index in [1.165, 1.54) is 6.07 Å². The molecule has 2 aromatic heterocycles. The normalized spacial score (nSPS) is 24.1. The van der Waals surface area contributed by atoms with Crippen molar-refractivity contribution in [2.75, 3.05) is 74.5 Å². The summed E-state index contributed by atoms with van der Waals surface area (Å²) in [5.74, 6) is -4.30. The topological polar surface area (TPSA) is 119 Å². The van der Waals surface area contributed by atoms with Crippen molar-refractivity contribution in [1.29, 1.82) is 0 Å². The van der Waals surface area contributed by atoms with Crippen molar-refractivity contribution < 1.29 is 25.8 Å². The third kappa shape index (κ3) is 7.90. The van der Waals surface area contributed by atoms with Gasteiger partial charge in [0.15, 0.2) is 5.82 Å². The maximum atomic E-state index is 16.4. The number of carbonyl (C=O) groups is 1. The predicted molar refractivity (Wildman–Crippen MR) is 229 cm³/mol. The average Bonchev–Trinajstić information content (AvgIpc) is 3.67. The number of phenols is 1. The molecule has 14 heteroatoms. The van der Waals surface area contributed by atoms with Gasteiger partial charge in [-0.05, 0) is 79.4 Å². The zero-order chi connectivity index (χ0) is 43.3. The number of alkyl halides is 3. The number of phenolic OH excluding ortho intramolecular Hbond substituents is 1. The molecule has 0 aliphatic carbocycles. The van der Waals surface area contributed by atoms with Crippen molar-refractivity contribution in [2.45, 2.75) is 62.6 Å². The first-order chi connectivity index (χ1) is 29.7. The van der Waals surface area contributed by atoms with Crippen LogP contribution in [0.25, 0.3) is 22.2 Å². The number of benzene rings is 3. The second-order valence-corrected chi connectivity index (χ2v) is 16.7. The predicted octanol–water partition coefficient (Wildman–Crippen LogP) is 7.49. The maximum absolute atomic E-state index is 16.4. The third-order valence-corrected chi connectivity index (χ3v) is 12.9. The number of hydrogen-bond acceptors (Lipinski definition) is 9. The summed E-state index contributed by atoms with van der Waals surface area (Å²) in [6.45, 7) is 3.13. The molecule has 60 heavy (non-hydrogen) atoms. The van der Waals surface area contributed by atoms with Gasteiger partial charge in [0.25, 0.3) is 11.8 Å². The molecule has 0 radical (unpaired) electrons. The number of fused-ring (bicyclic) bond motifs is 1. The van der Waals surface area contributed by atoms with Crippen LogP contribution in [0.5, 0.6) is 5.75 Å². The Morgan fingerprint density at radius 2 is 1.72 bits per heavy atom. The first-order valence-corrected chi connectivity index (χ1v) is 20.8. The Kier molecular flexibility index (Phi) is 10.0. The highest BCUT2D eigenvalue weighted by molar-refractivity contribution is 5.94. The van der Waals surface area contributed by atoms with Gasteiger partial charge < -0.3 is 35.0 Å². The Morgan fingerprint density at radius 1 is 0.950 bits per heavy atom. The lowest BCUT2D eigenvalue weighted by Crippen LogP contribution is -2.51. The lowest BCUT2D eigenvalue weighted by molar-refractivity contribution is -0.0423. The maximum Gasteiger partial charge on any atom is 0.258 e. The fourth-order valence-electron chi connectivity index (χ4n) is 9.40. The van der Waals surface area contributed by atoms with E-state index in [1.54, 1.807) is 70.6 Å². The third-order valence-electron chi connectivity index (χ3n) is 12.9. The molecular formula is C46H52F3N9O2. The van der Waals surface area contributed by atoms with E-state index in [-0.39, 0.29) is 62.5 Å². The largest absolute Gasteiger partial charge is 0.507 e. The number of aryl methyl sites for hydroxylation is 1. The van der Waals surface area contributed by atoms with Crippen molar-refractivity contribution in [3.8, 4) is 17.0 Å². The molecule has 4 aliphatic heterocycles. The van der Waals surface area contributed by atoms with Crippen LogP contribution >= 0.6 is 0 Å². The standard InChI is InChI=1S/C46H52F3N9O2/c1-31-25-40-34(26-39(31)57-18-4-17-51-30-57)11-21-58(40)35-12-19-54(20-13-35)29-45(47)14-22-55(23-15-45)44(60)33-9-7-32(8-10-33)37-28-56(24-16-46(37,48)49)41-27-38(52-53-43(41)50)36-5-2-3-6-42(36)59/h2-11,18,21,25-27,35,37,51,59H,12-17,19-20,22-24,28-30H2,1H3,(H2,50,53)/i17D,30D/t17?,30-,37?/m0/s1. The Balaban J connectivity index is 0.787. The lowest BCUT2D eigenvalue weighted by Gasteiger charge is -2.41. The molecule has 2 unspecified atom stereocenters. The van der Waals surface area contributed by atoms with Crippen LogP contribution in [-0.4, -0.2) is 106 Å². The molecule has 0 bridgehead atoms. The molecular weight excluding hydrogens is 768 g/mol. The molecule has 6 heterocycles. The van der Waals surface area contributed by atoms with Gasteiger partial charge in [-0.25, -0.2) is 13.2 Å². The molecule has 314 valence electrons. The number of nitrogens with one attached hydrogen (secondary N) is 1. The number of aromatic nitrogens is 3. The Hall–Kier alpha value is -5.60. The first kappa shape index (κ1) is 37.4. The summed E-state index contributed by atoms with van der Waals surface area (Å²) in [5, 5.41) is 22.6. The van der Waals surface area contributed by atoms with Gasteiger partial charge in [0.2, 0.25) is 0 Å². The SMILES string of the molecule is [2H]C1C=CN(c2cc3ccn(C4CCN(CC5(F)CCN(C(=O)c6ccc(C7CN(c8cc(-c9ccccc9O)nnc8N)CCC7(F)F)cc6)CC5)CC4)c3cc2C)[C@@H]([2H])N1. The Bertz CT molecular complexity index is 2470. The quantitative estimate of drug-likeness (QED) is 0.146. The van der Waals surface area contributed by atoms with E-state index in [4.69, 9.17) is 8.48 Å². The van der Waals surface area contributed by atoms with Crippen molar-refractivity contribution >= 4 is 34.0 Å². The first-order valence-electron chi connectivity index (χ1n) is 21.9. The zero-order valence-electron chi connectivity index (χ0n) is 35.7. The number of amides is 1. The number of halogens is 3. The molecule has 11 nitrogen and oxygen atoms in total. The summed E-state index contributed by atoms with van der Waals surface area (Å²) in [7, 11) is 0. The van der Waals surface area contributed by atoms with Crippen LogP contribution in [0.3, 0.4) is 0 Å². The summed E-state index contributed by atoms with van der Waals surface area (Å²) in [6.07, 6.45) is 7.49. The number of carbonyl (C=O) groups excluding carboxylic acids is 1. The summed E-state index contributed by atoms with van der Waals surface area (Å²) >= 11 is 0. The second-order valence-electron chi connectivity index (χ2n) is 16.7. The van der Waals surface area contributed by atoms with E-state index in [1.807, 2.05) is 11.8 Å². The van der Waals surface area contributed by atoms with Crippen LogP contribution in [0, 0.1) is 6.92 Å². The van der Waals surface area contributed by atoms with E-state index in [0.717, 1.165) is 48.1 Å². The van der Waals surface area contributed by atoms with Crippen LogP contribution in [-0.2, 0) is 0 Å². The van der Waals surface area contributed by atoms with Gasteiger partial charge in [-0.3, -0.25) is 10.1 Å². The van der Waals surface area contributed by atoms with Gasteiger partial charge in [-0.15, -0.1) is 10.2 Å². The number of aromatic hydroxyl groups is 1. The number of rotatable bonds is 8. The van der Waals surface area contributed by atoms with Crippen molar-refractivity contribution in [1.82, 2.24) is 29.9 Å². The number of nitrogens with zero attached hydrogens (tertiary/aromatic N) is 7. The number of nitrogen functional groups attached to an aromatic ring is 1. The van der Waals surface area contributed by atoms with Gasteiger partial charge in [0.1, 0.15) is 11.4 Å². The minimum atomic E-state index is -3.00. The van der Waals surface area contributed by atoms with Gasteiger partial charge in [-0.2, -0.15) is 0 Å². The molecule has 3 saturated heterocycles. The average molecular weight is 822 g/mol. The number of hydrogen-bond donors (Lipinski definition) is 3. The summed E-state index contributed by atoms with van der Waals surface area (Å²) in [5.41, 5.74) is 9.96. The number of anilines is 3. The number of nitrogens with two attached hydrogens (primary N) is 1. The summed E-state index contributed by atoms with van der Waals surface area (Å²) in [6, 6.07) is 21.4. The number of likely N-dealkylation sites (tertiary alicyclic amines) is 2. The van der Waals surface area contributed by atoms with Crippen LogP contribution in [0.1, 0.15) is 68.3 Å². The zero-order valence-corrected chi connectivity index (χ0v) is 33.7. The van der Waals surface area contributed by atoms with Crippen LogP contribution in [0.4, 0.5) is 30.4 Å². The number of para-hydroxylation sites is 1. The van der Waals surface area contributed by atoms with Gasteiger partial charge in [-0.1, -0.05) is 30.3 Å². The highest BCUT2D eigenvalue weighted by Gasteiger charge is 2.45. The molecule has 3 atom stereocenters. The van der Waals surface area contributed by atoms with E-state index < -0.39 is 37.1 Å². The van der Waals surface area contributed by atoms with Crippen molar-refractivity contribution in [3.05, 3.63) is 108 Å². The van der Waals surface area contributed by atoms with Gasteiger partial charge in [0, 0.05) is 119 Å². The fraction of sp³-hybridized carbons (Fsp3) is 0.413. The van der Waals surface area contributed by atoms with Crippen molar-refractivity contribution in [3.63, 3.8) is 0 Å². The lowest BCUT2D eigenvalue weighted by atomic mass is 9.86. The van der Waals surface area contributed by atoms with Crippen LogP contribution < -0.4 is 20.9 Å². The molecule has 5 aromatic rings. The molecule has 0 saturated carbocycles. The molecule has 4 aliphatic rings. The Morgan fingerprint density at radius 3 is 2.47 bits per heavy atom. The van der Waals surface area contributed by atoms with E-state index in [0.29, 0.717) is 34.6 Å². The van der Waals surface area contributed by atoms with E-state index in [2.05, 4.69) is 49.4 Å². The molecule has 9 rings (SSSR count). The second kappa shape index (κ2) is 16.1. The number of piperidine rings is 3. The molecule has 3 aromatic carbocycles.